The van der Waals surface area contributed by atoms with Gasteiger partial charge in [-0.25, -0.2) is 0 Å². The Hall–Kier alpha value is -3.35. The second kappa shape index (κ2) is 7.48. The Balaban J connectivity index is 1.25. The van der Waals surface area contributed by atoms with Crippen LogP contribution in [-0.4, -0.2) is 24.5 Å². The first-order valence-electron chi connectivity index (χ1n) is 10.3. The Morgan fingerprint density at radius 3 is 2.30 bits per heavy atom. The summed E-state index contributed by atoms with van der Waals surface area (Å²) in [5, 5.41) is 2.87. The van der Waals surface area contributed by atoms with Gasteiger partial charge in [0.25, 0.3) is 5.91 Å². The first-order chi connectivity index (χ1) is 14.6. The minimum absolute atomic E-state index is 0.107. The highest BCUT2D eigenvalue weighted by Gasteiger charge is 2.48. The molecule has 3 aliphatic rings. The van der Waals surface area contributed by atoms with Gasteiger partial charge in [0.05, 0.1) is 17.5 Å². The molecule has 0 bridgehead atoms. The van der Waals surface area contributed by atoms with Gasteiger partial charge < -0.3 is 14.8 Å². The molecule has 5 rings (SSSR count). The molecule has 2 heterocycles. The predicted octanol–water partition coefficient (Wildman–Crippen LogP) is 3.02. The summed E-state index contributed by atoms with van der Waals surface area (Å²) >= 11 is 0. The van der Waals surface area contributed by atoms with Crippen molar-refractivity contribution in [1.82, 2.24) is 5.32 Å². The summed E-state index contributed by atoms with van der Waals surface area (Å²) in [6.45, 7) is 0.560. The van der Waals surface area contributed by atoms with Gasteiger partial charge in [-0.1, -0.05) is 18.9 Å². The van der Waals surface area contributed by atoms with Crippen LogP contribution >= 0.6 is 0 Å². The van der Waals surface area contributed by atoms with Crippen molar-refractivity contribution in [1.29, 1.82) is 0 Å². The summed E-state index contributed by atoms with van der Waals surface area (Å²) in [4.78, 5) is 39.2. The van der Waals surface area contributed by atoms with Gasteiger partial charge in [0.1, 0.15) is 0 Å². The second-order valence-corrected chi connectivity index (χ2v) is 7.93. The molecule has 0 radical (unpaired) electrons. The first-order valence-corrected chi connectivity index (χ1v) is 10.3. The van der Waals surface area contributed by atoms with E-state index < -0.39 is 0 Å². The molecule has 2 fully saturated rings. The molecule has 1 saturated heterocycles. The van der Waals surface area contributed by atoms with E-state index in [1.807, 2.05) is 18.2 Å². The lowest BCUT2D eigenvalue weighted by molar-refractivity contribution is -0.122. The van der Waals surface area contributed by atoms with Crippen molar-refractivity contribution in [2.45, 2.75) is 32.2 Å². The van der Waals surface area contributed by atoms with Crippen LogP contribution in [0.1, 0.15) is 41.6 Å². The summed E-state index contributed by atoms with van der Waals surface area (Å²) in [6.07, 6.45) is 3.56. The number of nitrogens with one attached hydrogen (secondary N) is 1. The van der Waals surface area contributed by atoms with Crippen LogP contribution in [0.2, 0.25) is 0 Å². The molecule has 1 aliphatic carbocycles. The number of fused-ring (bicyclic) bond motifs is 2. The van der Waals surface area contributed by atoms with Crippen LogP contribution in [0.5, 0.6) is 11.5 Å². The molecule has 2 aromatic rings. The number of benzene rings is 2. The Bertz CT molecular complexity index is 993. The van der Waals surface area contributed by atoms with E-state index in [9.17, 15) is 14.4 Å². The van der Waals surface area contributed by atoms with Crippen molar-refractivity contribution in [2.75, 3.05) is 11.7 Å². The molecule has 154 valence electrons. The fraction of sp³-hybridized carbons (Fsp3) is 0.348. The normalized spacial score (nSPS) is 22.2. The second-order valence-electron chi connectivity index (χ2n) is 7.93. The molecule has 30 heavy (non-hydrogen) atoms. The van der Waals surface area contributed by atoms with E-state index in [2.05, 4.69) is 5.32 Å². The van der Waals surface area contributed by atoms with Crippen molar-refractivity contribution >= 4 is 23.4 Å². The van der Waals surface area contributed by atoms with Gasteiger partial charge in [-0.05, 0) is 54.8 Å². The van der Waals surface area contributed by atoms with Gasteiger partial charge >= 0.3 is 0 Å². The summed E-state index contributed by atoms with van der Waals surface area (Å²) in [7, 11) is 0. The van der Waals surface area contributed by atoms with Gasteiger partial charge in [-0.2, -0.15) is 0 Å². The van der Waals surface area contributed by atoms with Crippen LogP contribution in [0.25, 0.3) is 0 Å². The standard InChI is InChI=1S/C23H22N2O5/c26-21(24-12-14-5-10-19-20(11-14)30-13-29-19)15-6-8-16(9-7-15)25-22(27)17-3-1-2-4-18(17)23(25)28/h5-11,17-18H,1-4,12-13H2,(H,24,26)/t17-,18-/m1/s1. The average molecular weight is 406 g/mol. The monoisotopic (exact) mass is 406 g/mol. The number of nitrogens with zero attached hydrogens (tertiary/aromatic N) is 1. The lowest BCUT2D eigenvalue weighted by Gasteiger charge is -2.19. The lowest BCUT2D eigenvalue weighted by Crippen LogP contribution is -2.31. The molecule has 0 aromatic heterocycles. The molecule has 0 unspecified atom stereocenters. The van der Waals surface area contributed by atoms with Crippen molar-refractivity contribution in [3.63, 3.8) is 0 Å². The molecule has 1 N–H and O–H groups in total. The molecule has 1 saturated carbocycles. The van der Waals surface area contributed by atoms with Crippen LogP contribution in [0, 0.1) is 11.8 Å². The Kier molecular flexibility index (Phi) is 4.65. The van der Waals surface area contributed by atoms with E-state index in [-0.39, 0.29) is 36.4 Å². The number of anilines is 1. The topological polar surface area (TPSA) is 84.9 Å². The number of carbonyl (C=O) groups is 3. The van der Waals surface area contributed by atoms with Crippen LogP contribution in [0.3, 0.4) is 0 Å². The zero-order valence-corrected chi connectivity index (χ0v) is 16.4. The van der Waals surface area contributed by atoms with Gasteiger partial charge in [0, 0.05) is 12.1 Å². The predicted molar refractivity (Wildman–Crippen MR) is 108 cm³/mol. The number of amides is 3. The third kappa shape index (κ3) is 3.20. The molecule has 0 spiro atoms. The number of hydrogen-bond acceptors (Lipinski definition) is 5. The Labute approximate surface area is 174 Å². The molecule has 7 heteroatoms. The first kappa shape index (κ1) is 18.7. The molecular formula is C23H22N2O5. The summed E-state index contributed by atoms with van der Waals surface area (Å²) in [5.41, 5.74) is 1.91. The summed E-state index contributed by atoms with van der Waals surface area (Å²) in [5.74, 6) is 0.561. The number of ether oxygens (including phenoxy) is 2. The van der Waals surface area contributed by atoms with Crippen molar-refractivity contribution in [3.05, 3.63) is 53.6 Å². The van der Waals surface area contributed by atoms with Gasteiger partial charge in [-0.3, -0.25) is 19.3 Å². The molecule has 2 aliphatic heterocycles. The maximum absolute atomic E-state index is 12.7. The lowest BCUT2D eigenvalue weighted by atomic mass is 9.81. The largest absolute Gasteiger partial charge is 0.454 e. The highest BCUT2D eigenvalue weighted by atomic mass is 16.7. The third-order valence-corrected chi connectivity index (χ3v) is 6.12. The fourth-order valence-corrected chi connectivity index (χ4v) is 4.51. The summed E-state index contributed by atoms with van der Waals surface area (Å²) < 4.78 is 10.6. The quantitative estimate of drug-likeness (QED) is 0.789. The van der Waals surface area contributed by atoms with Crippen molar-refractivity contribution in [2.24, 2.45) is 11.8 Å². The van der Waals surface area contributed by atoms with E-state index >= 15 is 0 Å². The zero-order chi connectivity index (χ0) is 20.7. The molecular weight excluding hydrogens is 384 g/mol. The van der Waals surface area contributed by atoms with Crippen molar-refractivity contribution < 1.29 is 23.9 Å². The maximum Gasteiger partial charge on any atom is 0.251 e. The average Bonchev–Trinajstić information content (AvgIpc) is 3.35. The zero-order valence-electron chi connectivity index (χ0n) is 16.4. The number of rotatable bonds is 4. The Morgan fingerprint density at radius 1 is 0.933 bits per heavy atom. The van der Waals surface area contributed by atoms with Crippen LogP contribution in [0.4, 0.5) is 5.69 Å². The third-order valence-electron chi connectivity index (χ3n) is 6.12. The van der Waals surface area contributed by atoms with Gasteiger partial charge in [-0.15, -0.1) is 0 Å². The van der Waals surface area contributed by atoms with Gasteiger partial charge in [0.2, 0.25) is 18.6 Å². The van der Waals surface area contributed by atoms with Crippen LogP contribution < -0.4 is 19.7 Å². The maximum atomic E-state index is 12.7. The van der Waals surface area contributed by atoms with Crippen molar-refractivity contribution in [3.8, 4) is 11.5 Å². The van der Waals surface area contributed by atoms with Crippen LogP contribution in [-0.2, 0) is 16.1 Å². The summed E-state index contributed by atoms with van der Waals surface area (Å²) in [6, 6.07) is 12.2. The minimum Gasteiger partial charge on any atom is -0.454 e. The smallest absolute Gasteiger partial charge is 0.251 e. The highest BCUT2D eigenvalue weighted by molar-refractivity contribution is 6.22. The van der Waals surface area contributed by atoms with E-state index in [0.29, 0.717) is 29.3 Å². The fourth-order valence-electron chi connectivity index (χ4n) is 4.51. The highest BCUT2D eigenvalue weighted by Crippen LogP contribution is 2.40. The number of carbonyl (C=O) groups excluding carboxylic acids is 3. The van der Waals surface area contributed by atoms with E-state index in [1.54, 1.807) is 24.3 Å². The van der Waals surface area contributed by atoms with E-state index in [4.69, 9.17) is 9.47 Å². The number of hydrogen-bond donors (Lipinski definition) is 1. The molecule has 2 atom stereocenters. The van der Waals surface area contributed by atoms with Crippen LogP contribution in [0.15, 0.2) is 42.5 Å². The van der Waals surface area contributed by atoms with Gasteiger partial charge in [0.15, 0.2) is 11.5 Å². The molecule has 2 aromatic carbocycles. The SMILES string of the molecule is O=C(NCc1ccc2c(c1)OCO2)c1ccc(N2C(=O)[C@@H]3CCCC[C@H]3C2=O)cc1. The van der Waals surface area contributed by atoms with E-state index in [0.717, 1.165) is 31.2 Å². The molecule has 7 nitrogen and oxygen atoms in total. The minimum atomic E-state index is -0.230. The molecule has 3 amide bonds. The van der Waals surface area contributed by atoms with E-state index in [1.165, 1.54) is 4.90 Å². The Morgan fingerprint density at radius 2 is 1.60 bits per heavy atom. The number of imide groups is 1.